The van der Waals surface area contributed by atoms with E-state index in [1.54, 1.807) is 0 Å². The predicted octanol–water partition coefficient (Wildman–Crippen LogP) is 0.860. The summed E-state index contributed by atoms with van der Waals surface area (Å²) in [6, 6.07) is 5.62. The van der Waals surface area contributed by atoms with Crippen LogP contribution in [0.3, 0.4) is 0 Å². The largest absolute Gasteiger partial charge is 0.325 e. The summed E-state index contributed by atoms with van der Waals surface area (Å²) >= 11 is 0. The fraction of sp³-hybridized carbons (Fsp3) is 0.500. The van der Waals surface area contributed by atoms with E-state index in [1.165, 1.54) is 9.80 Å². The Hall–Kier alpha value is -1.68. The van der Waals surface area contributed by atoms with Crippen LogP contribution in [-0.4, -0.2) is 30.9 Å². The van der Waals surface area contributed by atoms with Crippen molar-refractivity contribution < 1.29 is 14.5 Å². The highest BCUT2D eigenvalue weighted by Crippen LogP contribution is 2.28. The molecule has 1 saturated heterocycles. The summed E-state index contributed by atoms with van der Waals surface area (Å²) in [5, 5.41) is 0. The van der Waals surface area contributed by atoms with Crippen molar-refractivity contribution in [2.24, 2.45) is 0 Å². The number of benzene rings is 1. The Labute approximate surface area is 120 Å². The van der Waals surface area contributed by atoms with Crippen LogP contribution in [0.4, 0.5) is 5.69 Å². The Morgan fingerprint density at radius 1 is 1.15 bits per heavy atom. The molecule has 1 N–H and O–H groups in total. The molecule has 0 aliphatic carbocycles. The van der Waals surface area contributed by atoms with Crippen LogP contribution in [0.1, 0.15) is 31.4 Å². The number of likely N-dealkylation sites (N-methyl/N-ethyl adjacent to an activating group) is 1. The molecule has 1 fully saturated rings. The normalized spacial score (nSPS) is 19.2. The first-order valence-corrected chi connectivity index (χ1v) is 7.28. The predicted molar refractivity (Wildman–Crippen MR) is 78.9 cm³/mol. The lowest BCUT2D eigenvalue weighted by Gasteiger charge is -2.23. The molecule has 1 aromatic rings. The van der Waals surface area contributed by atoms with Crippen molar-refractivity contribution >= 4 is 17.5 Å². The van der Waals surface area contributed by atoms with E-state index in [2.05, 4.69) is 13.8 Å². The Morgan fingerprint density at radius 2 is 1.70 bits per heavy atom. The molecule has 0 bridgehead atoms. The number of carbonyl (C=O) groups excluding carboxylic acids is 2. The van der Waals surface area contributed by atoms with E-state index in [-0.39, 0.29) is 17.9 Å². The number of aryl methyl sites for hydroxylation is 2. The van der Waals surface area contributed by atoms with Crippen molar-refractivity contribution in [2.45, 2.75) is 40.2 Å². The second-order valence-corrected chi connectivity index (χ2v) is 5.43. The van der Waals surface area contributed by atoms with Crippen molar-refractivity contribution in [3.05, 3.63) is 29.3 Å². The number of hydrogen-bond donors (Lipinski definition) is 1. The zero-order chi connectivity index (χ0) is 14.9. The first-order chi connectivity index (χ1) is 9.51. The minimum absolute atomic E-state index is 0.0499. The van der Waals surface area contributed by atoms with E-state index in [1.807, 2.05) is 32.0 Å². The zero-order valence-corrected chi connectivity index (χ0v) is 12.7. The number of carbonyl (C=O) groups is 2. The third-order valence-electron chi connectivity index (χ3n) is 4.21. The van der Waals surface area contributed by atoms with Crippen LogP contribution < -0.4 is 9.80 Å². The van der Waals surface area contributed by atoms with Gasteiger partial charge in [0.25, 0.3) is 5.91 Å². The van der Waals surface area contributed by atoms with Crippen molar-refractivity contribution in [2.75, 3.05) is 18.0 Å². The first kappa shape index (κ1) is 14.7. The number of rotatable bonds is 4. The molecule has 1 heterocycles. The van der Waals surface area contributed by atoms with Gasteiger partial charge in [-0.25, -0.2) is 4.90 Å². The quantitative estimate of drug-likeness (QED) is 0.828. The fourth-order valence-corrected chi connectivity index (χ4v) is 3.09. The third kappa shape index (κ3) is 2.36. The molecule has 1 atom stereocenters. The van der Waals surface area contributed by atoms with E-state index in [9.17, 15) is 9.59 Å². The van der Waals surface area contributed by atoms with Gasteiger partial charge >= 0.3 is 0 Å². The molecular weight excluding hydrogens is 252 g/mol. The Balaban J connectivity index is 2.39. The summed E-state index contributed by atoms with van der Waals surface area (Å²) in [5.74, 6) is -0.122. The molecule has 1 aliphatic rings. The van der Waals surface area contributed by atoms with Crippen molar-refractivity contribution in [3.8, 4) is 0 Å². The molecule has 0 unspecified atom stereocenters. The number of nitrogens with zero attached hydrogens (tertiary/aromatic N) is 1. The van der Waals surface area contributed by atoms with E-state index in [4.69, 9.17) is 0 Å². The number of imide groups is 1. The number of quaternary nitrogens is 1. The molecule has 0 spiro atoms. The van der Waals surface area contributed by atoms with Gasteiger partial charge in [0.1, 0.15) is 0 Å². The number of anilines is 1. The first-order valence-electron chi connectivity index (χ1n) is 7.28. The highest BCUT2D eigenvalue weighted by atomic mass is 16.2. The van der Waals surface area contributed by atoms with Crippen LogP contribution in [0.15, 0.2) is 18.2 Å². The summed E-state index contributed by atoms with van der Waals surface area (Å²) in [5.41, 5.74) is 2.72. The number of para-hydroxylation sites is 1. The maximum Gasteiger partial charge on any atom is 0.292 e. The molecule has 2 rings (SSSR count). The van der Waals surface area contributed by atoms with E-state index in [0.29, 0.717) is 6.42 Å². The Bertz CT molecular complexity index is 515. The van der Waals surface area contributed by atoms with Crippen molar-refractivity contribution in [1.29, 1.82) is 0 Å². The summed E-state index contributed by atoms with van der Waals surface area (Å²) < 4.78 is 0. The molecule has 4 heteroatoms. The van der Waals surface area contributed by atoms with Crippen LogP contribution in [0.2, 0.25) is 0 Å². The average molecular weight is 275 g/mol. The maximum absolute atomic E-state index is 12.7. The minimum Gasteiger partial charge on any atom is -0.325 e. The summed E-state index contributed by atoms with van der Waals surface area (Å²) in [6.45, 7) is 9.72. The molecule has 1 aromatic carbocycles. The number of amides is 2. The lowest BCUT2D eigenvalue weighted by Crippen LogP contribution is -3.16. The molecule has 0 aromatic heterocycles. The summed E-state index contributed by atoms with van der Waals surface area (Å²) in [4.78, 5) is 27.6. The monoisotopic (exact) mass is 275 g/mol. The Morgan fingerprint density at radius 3 is 2.20 bits per heavy atom. The van der Waals surface area contributed by atoms with Gasteiger partial charge in [-0.2, -0.15) is 0 Å². The van der Waals surface area contributed by atoms with Gasteiger partial charge in [-0.05, 0) is 38.8 Å². The average Bonchev–Trinajstić information content (AvgIpc) is 2.68. The minimum atomic E-state index is -0.225. The number of hydrogen-bond acceptors (Lipinski definition) is 2. The van der Waals surface area contributed by atoms with Gasteiger partial charge in [0.2, 0.25) is 5.91 Å². The van der Waals surface area contributed by atoms with Crippen LogP contribution in [-0.2, 0) is 9.59 Å². The summed E-state index contributed by atoms with van der Waals surface area (Å²) in [6.07, 6.45) is 0.323. The maximum atomic E-state index is 12.7. The van der Waals surface area contributed by atoms with Gasteiger partial charge in [-0.15, -0.1) is 0 Å². The molecule has 1 aliphatic heterocycles. The Kier molecular flexibility index (Phi) is 4.23. The third-order valence-corrected chi connectivity index (χ3v) is 4.21. The molecule has 2 amide bonds. The number of nitrogens with one attached hydrogen (secondary N) is 1. The zero-order valence-electron chi connectivity index (χ0n) is 12.7. The van der Waals surface area contributed by atoms with Gasteiger partial charge in [0.05, 0.1) is 25.2 Å². The van der Waals surface area contributed by atoms with E-state index < -0.39 is 0 Å². The molecule has 0 radical (unpaired) electrons. The molecule has 0 saturated carbocycles. The van der Waals surface area contributed by atoms with Crippen LogP contribution in [0.5, 0.6) is 0 Å². The molecular formula is C16H23N2O2+. The molecule has 108 valence electrons. The fourth-order valence-electron chi connectivity index (χ4n) is 3.09. The van der Waals surface area contributed by atoms with Gasteiger partial charge in [-0.1, -0.05) is 18.2 Å². The molecule has 20 heavy (non-hydrogen) atoms. The SMILES string of the molecule is CC[NH+](CC)[C@@H]1CC(=O)N(c2c(C)cccc2C)C1=O. The summed E-state index contributed by atoms with van der Waals surface area (Å²) in [7, 11) is 0. The van der Waals surface area contributed by atoms with Crippen LogP contribution in [0, 0.1) is 13.8 Å². The van der Waals surface area contributed by atoms with Gasteiger partial charge < -0.3 is 4.90 Å². The van der Waals surface area contributed by atoms with Crippen LogP contribution in [0.25, 0.3) is 0 Å². The second-order valence-electron chi connectivity index (χ2n) is 5.43. The molecule has 4 nitrogen and oxygen atoms in total. The van der Waals surface area contributed by atoms with Gasteiger partial charge in [0, 0.05) is 0 Å². The van der Waals surface area contributed by atoms with Crippen molar-refractivity contribution in [1.82, 2.24) is 0 Å². The van der Waals surface area contributed by atoms with Gasteiger partial charge in [0.15, 0.2) is 6.04 Å². The van der Waals surface area contributed by atoms with Gasteiger partial charge in [-0.3, -0.25) is 9.59 Å². The smallest absolute Gasteiger partial charge is 0.292 e. The lowest BCUT2D eigenvalue weighted by molar-refractivity contribution is -0.911. The van der Waals surface area contributed by atoms with Crippen LogP contribution >= 0.6 is 0 Å². The second kappa shape index (κ2) is 5.75. The standard InChI is InChI=1S/C16H22N2O2/c1-5-17(6-2)13-10-14(19)18(16(13)20)15-11(3)8-7-9-12(15)4/h7-9,13H,5-6,10H2,1-4H3/p+1/t13-/m1/s1. The van der Waals surface area contributed by atoms with E-state index in [0.717, 1.165) is 29.9 Å². The van der Waals surface area contributed by atoms with Crippen molar-refractivity contribution in [3.63, 3.8) is 0 Å². The topological polar surface area (TPSA) is 41.8 Å². The highest BCUT2D eigenvalue weighted by Gasteiger charge is 2.45. The lowest BCUT2D eigenvalue weighted by atomic mass is 10.1. The highest BCUT2D eigenvalue weighted by molar-refractivity contribution is 6.22. The van der Waals surface area contributed by atoms with E-state index >= 15 is 0 Å².